The molecule has 1 saturated heterocycles. The second-order valence-electron chi connectivity index (χ2n) is 6.67. The number of nitro groups is 1. The van der Waals surface area contributed by atoms with Crippen LogP contribution in [0.5, 0.6) is 0 Å². The van der Waals surface area contributed by atoms with E-state index in [2.05, 4.69) is 26.1 Å². The van der Waals surface area contributed by atoms with Gasteiger partial charge in [-0.1, -0.05) is 15.9 Å². The predicted octanol–water partition coefficient (Wildman–Crippen LogP) is 2.74. The second-order valence-corrected chi connectivity index (χ2v) is 7.59. The fourth-order valence-corrected chi connectivity index (χ4v) is 3.70. The van der Waals surface area contributed by atoms with Gasteiger partial charge in [-0.15, -0.1) is 0 Å². The number of hydrogen-bond acceptors (Lipinski definition) is 7. The molecule has 1 fully saturated rings. The van der Waals surface area contributed by atoms with Gasteiger partial charge in [-0.2, -0.15) is 0 Å². The van der Waals surface area contributed by atoms with Gasteiger partial charge >= 0.3 is 5.76 Å². The van der Waals surface area contributed by atoms with E-state index in [1.54, 1.807) is 6.07 Å². The number of benzene rings is 2. The van der Waals surface area contributed by atoms with Crippen molar-refractivity contribution in [2.24, 2.45) is 0 Å². The third-order valence-corrected chi connectivity index (χ3v) is 5.24. The Labute approximate surface area is 178 Å². The smallest absolute Gasteiger partial charge is 0.407 e. The molecular formula is C19H17BrN4O6. The molecule has 0 radical (unpaired) electrons. The summed E-state index contributed by atoms with van der Waals surface area (Å²) in [5.74, 6) is -1.19. The SMILES string of the molecule is O=C(Cn1c(=O)oc2cc([N+](=O)[O-])ccc21)Nc1cc(Br)ccc1N1CCOCC1. The number of nitrogens with one attached hydrogen (secondary N) is 1. The van der Waals surface area contributed by atoms with Gasteiger partial charge in [0.15, 0.2) is 5.58 Å². The Morgan fingerprint density at radius 1 is 1.20 bits per heavy atom. The summed E-state index contributed by atoms with van der Waals surface area (Å²) in [5.41, 5.74) is 1.63. The molecule has 10 nitrogen and oxygen atoms in total. The van der Waals surface area contributed by atoms with Crippen LogP contribution in [0.1, 0.15) is 0 Å². The molecule has 2 aromatic carbocycles. The van der Waals surface area contributed by atoms with Crippen LogP contribution in [-0.4, -0.2) is 41.7 Å². The van der Waals surface area contributed by atoms with Crippen LogP contribution < -0.4 is 16.0 Å². The lowest BCUT2D eigenvalue weighted by molar-refractivity contribution is -0.384. The summed E-state index contributed by atoms with van der Waals surface area (Å²) in [5, 5.41) is 13.8. The number of anilines is 2. The summed E-state index contributed by atoms with van der Waals surface area (Å²) in [6.07, 6.45) is 0. The number of halogens is 1. The van der Waals surface area contributed by atoms with Crippen molar-refractivity contribution in [3.63, 3.8) is 0 Å². The molecule has 1 aliphatic heterocycles. The van der Waals surface area contributed by atoms with Crippen molar-refractivity contribution in [3.05, 3.63) is 61.5 Å². The molecule has 156 valence electrons. The minimum absolute atomic E-state index is 0.0541. The molecule has 3 aromatic rings. The van der Waals surface area contributed by atoms with E-state index in [1.807, 2.05) is 12.1 Å². The highest BCUT2D eigenvalue weighted by atomic mass is 79.9. The van der Waals surface area contributed by atoms with Crippen molar-refractivity contribution in [3.8, 4) is 0 Å². The topological polar surface area (TPSA) is 120 Å². The number of nitrogens with zero attached hydrogens (tertiary/aromatic N) is 3. The van der Waals surface area contributed by atoms with Crippen LogP contribution in [0.4, 0.5) is 17.1 Å². The summed E-state index contributed by atoms with van der Waals surface area (Å²) in [6.45, 7) is 2.32. The van der Waals surface area contributed by atoms with Crippen molar-refractivity contribution in [1.29, 1.82) is 0 Å². The number of aromatic nitrogens is 1. The molecule has 1 aromatic heterocycles. The van der Waals surface area contributed by atoms with E-state index in [0.29, 0.717) is 37.5 Å². The molecule has 0 unspecified atom stereocenters. The third-order valence-electron chi connectivity index (χ3n) is 4.75. The Morgan fingerprint density at radius 2 is 1.97 bits per heavy atom. The lowest BCUT2D eigenvalue weighted by Gasteiger charge is -2.30. The molecule has 2 heterocycles. The van der Waals surface area contributed by atoms with Crippen LogP contribution in [-0.2, 0) is 16.1 Å². The minimum Gasteiger partial charge on any atom is -0.407 e. The normalized spacial score (nSPS) is 14.1. The Morgan fingerprint density at radius 3 is 2.70 bits per heavy atom. The van der Waals surface area contributed by atoms with Gasteiger partial charge in [0.2, 0.25) is 5.91 Å². The number of nitro benzene ring substituents is 1. The predicted molar refractivity (Wildman–Crippen MR) is 113 cm³/mol. The zero-order valence-electron chi connectivity index (χ0n) is 15.7. The molecule has 0 saturated carbocycles. The number of oxazole rings is 1. The summed E-state index contributed by atoms with van der Waals surface area (Å²) in [6, 6.07) is 9.41. The maximum absolute atomic E-state index is 12.7. The number of morpholine rings is 1. The van der Waals surface area contributed by atoms with Crippen LogP contribution in [0.2, 0.25) is 0 Å². The number of fused-ring (bicyclic) bond motifs is 1. The molecule has 4 rings (SSSR count). The van der Waals surface area contributed by atoms with Crippen LogP contribution in [0.15, 0.2) is 50.1 Å². The Balaban J connectivity index is 1.58. The van der Waals surface area contributed by atoms with Gasteiger partial charge in [-0.25, -0.2) is 4.79 Å². The van der Waals surface area contributed by atoms with E-state index in [-0.39, 0.29) is 17.8 Å². The molecule has 1 aliphatic rings. The number of amides is 1. The lowest BCUT2D eigenvalue weighted by Crippen LogP contribution is -2.37. The first kappa shape index (κ1) is 20.1. The molecule has 0 atom stereocenters. The maximum Gasteiger partial charge on any atom is 0.420 e. The molecule has 1 N–H and O–H groups in total. The van der Waals surface area contributed by atoms with Crippen molar-refractivity contribution in [1.82, 2.24) is 4.57 Å². The second kappa shape index (κ2) is 8.28. The van der Waals surface area contributed by atoms with Crippen LogP contribution in [0.25, 0.3) is 11.1 Å². The molecule has 0 spiro atoms. The van der Waals surface area contributed by atoms with E-state index < -0.39 is 16.6 Å². The summed E-state index contributed by atoms with van der Waals surface area (Å²) >= 11 is 3.41. The largest absolute Gasteiger partial charge is 0.420 e. The van der Waals surface area contributed by atoms with E-state index in [0.717, 1.165) is 20.8 Å². The van der Waals surface area contributed by atoms with Crippen LogP contribution in [0.3, 0.4) is 0 Å². The highest BCUT2D eigenvalue weighted by molar-refractivity contribution is 9.10. The molecular weight excluding hydrogens is 460 g/mol. The molecule has 0 bridgehead atoms. The molecule has 11 heteroatoms. The van der Waals surface area contributed by atoms with Crippen LogP contribution >= 0.6 is 15.9 Å². The number of rotatable bonds is 5. The minimum atomic E-state index is -0.761. The van der Waals surface area contributed by atoms with E-state index in [9.17, 15) is 19.7 Å². The van der Waals surface area contributed by atoms with Gasteiger partial charge in [0.1, 0.15) is 6.54 Å². The summed E-state index contributed by atoms with van der Waals surface area (Å²) in [4.78, 5) is 37.4. The first-order valence-corrected chi connectivity index (χ1v) is 9.91. The van der Waals surface area contributed by atoms with Crippen molar-refractivity contribution in [2.45, 2.75) is 6.54 Å². The van der Waals surface area contributed by atoms with Crippen molar-refractivity contribution in [2.75, 3.05) is 36.5 Å². The van der Waals surface area contributed by atoms with Gasteiger partial charge in [-0.3, -0.25) is 19.5 Å². The maximum atomic E-state index is 12.7. The number of ether oxygens (including phenoxy) is 1. The quantitative estimate of drug-likeness (QED) is 0.443. The zero-order valence-corrected chi connectivity index (χ0v) is 17.3. The van der Waals surface area contributed by atoms with Gasteiger partial charge in [0.25, 0.3) is 5.69 Å². The molecule has 0 aliphatic carbocycles. The van der Waals surface area contributed by atoms with Crippen molar-refractivity contribution < 1.29 is 18.9 Å². The highest BCUT2D eigenvalue weighted by Crippen LogP contribution is 2.30. The standard InChI is InChI=1S/C19H17BrN4O6/c20-12-1-3-15(22-5-7-29-8-6-22)14(9-12)21-18(25)11-23-16-4-2-13(24(27)28)10-17(16)30-19(23)26/h1-4,9-10H,5-8,11H2,(H,21,25). The van der Waals surface area contributed by atoms with Gasteiger partial charge in [0, 0.05) is 23.6 Å². The Hall–Kier alpha value is -3.18. The first-order valence-electron chi connectivity index (χ1n) is 9.12. The van der Waals surface area contributed by atoms with Crippen LogP contribution in [0, 0.1) is 10.1 Å². The highest BCUT2D eigenvalue weighted by Gasteiger charge is 2.19. The van der Waals surface area contributed by atoms with Gasteiger partial charge in [0.05, 0.1) is 41.1 Å². The van der Waals surface area contributed by atoms with Gasteiger partial charge < -0.3 is 19.4 Å². The first-order chi connectivity index (χ1) is 14.4. The average molecular weight is 477 g/mol. The Bertz CT molecular complexity index is 1180. The average Bonchev–Trinajstić information content (AvgIpc) is 3.03. The fourth-order valence-electron chi connectivity index (χ4n) is 3.34. The van der Waals surface area contributed by atoms with E-state index in [4.69, 9.17) is 9.15 Å². The zero-order chi connectivity index (χ0) is 21.3. The van der Waals surface area contributed by atoms with Crippen molar-refractivity contribution >= 4 is 50.0 Å². The number of non-ortho nitro benzene ring substituents is 1. The summed E-state index contributed by atoms with van der Waals surface area (Å²) < 4.78 is 12.4. The molecule has 30 heavy (non-hydrogen) atoms. The third kappa shape index (κ3) is 4.07. The van der Waals surface area contributed by atoms with E-state index >= 15 is 0 Å². The number of carbonyl (C=O) groups excluding carboxylic acids is 1. The lowest BCUT2D eigenvalue weighted by atomic mass is 10.2. The number of carbonyl (C=O) groups is 1. The van der Waals surface area contributed by atoms with E-state index in [1.165, 1.54) is 12.1 Å². The van der Waals surface area contributed by atoms with Gasteiger partial charge in [-0.05, 0) is 24.3 Å². The molecule has 1 amide bonds. The summed E-state index contributed by atoms with van der Waals surface area (Å²) in [7, 11) is 0. The fraction of sp³-hybridized carbons (Fsp3) is 0.263. The Kier molecular flexibility index (Phi) is 5.55. The monoisotopic (exact) mass is 476 g/mol. The number of hydrogen-bond donors (Lipinski definition) is 1.